The van der Waals surface area contributed by atoms with Crippen molar-refractivity contribution in [1.29, 1.82) is 0 Å². The van der Waals surface area contributed by atoms with E-state index in [2.05, 4.69) is 26.1 Å². The van der Waals surface area contributed by atoms with Crippen molar-refractivity contribution in [3.63, 3.8) is 0 Å². The van der Waals surface area contributed by atoms with E-state index >= 15 is 0 Å². The Hall–Kier alpha value is -2.91. The van der Waals surface area contributed by atoms with Crippen LogP contribution in [0.5, 0.6) is 0 Å². The van der Waals surface area contributed by atoms with Crippen LogP contribution in [0, 0.1) is 0 Å². The summed E-state index contributed by atoms with van der Waals surface area (Å²) in [7, 11) is 0. The summed E-state index contributed by atoms with van der Waals surface area (Å²) >= 11 is 0. The molecular weight excluding hydrogens is 314 g/mol. The Balaban J connectivity index is 3.72. The number of nitrogens with one attached hydrogen (secondary N) is 1. The summed E-state index contributed by atoms with van der Waals surface area (Å²) in [4.78, 5) is 54.1. The van der Waals surface area contributed by atoms with Crippen molar-refractivity contribution >= 4 is 29.8 Å². The normalized spacial score (nSPS) is 9.43. The van der Waals surface area contributed by atoms with Gasteiger partial charge in [-0.15, -0.1) is 0 Å². The molecule has 2 N–H and O–H groups in total. The van der Waals surface area contributed by atoms with Crippen molar-refractivity contribution in [3.05, 3.63) is 12.2 Å². The number of aliphatic carboxylic acids is 1. The number of carboxylic acids is 1. The second kappa shape index (κ2) is 10.8. The van der Waals surface area contributed by atoms with Gasteiger partial charge < -0.3 is 24.6 Å². The highest BCUT2D eigenvalue weighted by molar-refractivity contribution is 6.29. The van der Waals surface area contributed by atoms with Gasteiger partial charge in [0.15, 0.2) is 0 Å². The first-order valence-electron chi connectivity index (χ1n) is 6.43. The Morgan fingerprint density at radius 3 is 1.87 bits per heavy atom. The minimum Gasteiger partial charge on any atom is -0.473 e. The van der Waals surface area contributed by atoms with Gasteiger partial charge >= 0.3 is 23.9 Å². The van der Waals surface area contributed by atoms with Crippen molar-refractivity contribution in [2.75, 3.05) is 26.4 Å². The number of esters is 3. The van der Waals surface area contributed by atoms with E-state index in [-0.39, 0.29) is 32.8 Å². The number of hydrogen-bond donors (Lipinski definition) is 2. The molecule has 0 aliphatic heterocycles. The van der Waals surface area contributed by atoms with E-state index in [1.807, 2.05) is 0 Å². The number of rotatable bonds is 8. The molecule has 0 aliphatic carbocycles. The molecule has 0 saturated heterocycles. The van der Waals surface area contributed by atoms with Crippen LogP contribution < -0.4 is 5.32 Å². The molecule has 23 heavy (non-hydrogen) atoms. The number of ether oxygens (including phenoxy) is 3. The smallest absolute Gasteiger partial charge is 0.417 e. The van der Waals surface area contributed by atoms with E-state index in [1.54, 1.807) is 0 Å². The monoisotopic (exact) mass is 331 g/mol. The van der Waals surface area contributed by atoms with Crippen molar-refractivity contribution < 1.29 is 43.3 Å². The molecule has 0 saturated carbocycles. The number of carbonyl (C=O) groups is 5. The fraction of sp³-hybridized carbons (Fsp3) is 0.462. The Kier molecular flexibility index (Phi) is 9.40. The summed E-state index contributed by atoms with van der Waals surface area (Å²) in [6.07, 6.45) is 0.0205. The predicted octanol–water partition coefficient (Wildman–Crippen LogP) is -1.22. The van der Waals surface area contributed by atoms with Gasteiger partial charge in [-0.1, -0.05) is 6.58 Å². The molecule has 0 bridgehead atoms. The van der Waals surface area contributed by atoms with Crippen LogP contribution in [0.3, 0.4) is 0 Å². The molecule has 0 heterocycles. The molecule has 0 unspecified atom stereocenters. The first kappa shape index (κ1) is 20.1. The van der Waals surface area contributed by atoms with Crippen LogP contribution in [0.25, 0.3) is 0 Å². The van der Waals surface area contributed by atoms with Crippen LogP contribution in [0.1, 0.15) is 13.3 Å². The van der Waals surface area contributed by atoms with E-state index < -0.39 is 29.8 Å². The van der Waals surface area contributed by atoms with Crippen molar-refractivity contribution in [2.24, 2.45) is 0 Å². The zero-order valence-corrected chi connectivity index (χ0v) is 12.5. The van der Waals surface area contributed by atoms with Crippen LogP contribution in [0.15, 0.2) is 12.2 Å². The lowest BCUT2D eigenvalue weighted by molar-refractivity contribution is -0.168. The minimum absolute atomic E-state index is 0.00978. The molecule has 10 nitrogen and oxygen atoms in total. The average molecular weight is 331 g/mol. The number of hydrogen-bond acceptors (Lipinski definition) is 8. The van der Waals surface area contributed by atoms with Crippen LogP contribution in [0.2, 0.25) is 0 Å². The summed E-state index contributed by atoms with van der Waals surface area (Å²) in [5.41, 5.74) is 0.291. The lowest BCUT2D eigenvalue weighted by Gasteiger charge is -2.07. The maximum Gasteiger partial charge on any atom is 0.417 e. The molecule has 0 rings (SSSR count). The first-order chi connectivity index (χ1) is 10.8. The zero-order chi connectivity index (χ0) is 17.8. The SMILES string of the molecule is C=C(C)C(=O)NCCOC(=O)C(=O)OCCCOC(=O)C(=O)O. The fourth-order valence-electron chi connectivity index (χ4n) is 1.03. The van der Waals surface area contributed by atoms with Gasteiger partial charge in [0.25, 0.3) is 0 Å². The van der Waals surface area contributed by atoms with Crippen LogP contribution in [0.4, 0.5) is 0 Å². The zero-order valence-electron chi connectivity index (χ0n) is 12.5. The summed E-state index contributed by atoms with van der Waals surface area (Å²) in [6, 6.07) is 0. The summed E-state index contributed by atoms with van der Waals surface area (Å²) in [6.45, 7) is 4.17. The molecule has 128 valence electrons. The van der Waals surface area contributed by atoms with Gasteiger partial charge in [-0.2, -0.15) is 0 Å². The summed E-state index contributed by atoms with van der Waals surface area (Å²) in [5, 5.41) is 10.6. The van der Waals surface area contributed by atoms with E-state index in [0.29, 0.717) is 5.57 Å². The molecular formula is C13H17NO9. The third kappa shape index (κ3) is 9.61. The van der Waals surface area contributed by atoms with Gasteiger partial charge in [0.05, 0.1) is 19.8 Å². The predicted molar refractivity (Wildman–Crippen MR) is 73.0 cm³/mol. The highest BCUT2D eigenvalue weighted by atomic mass is 16.6. The topological polar surface area (TPSA) is 145 Å². The minimum atomic E-state index is -1.73. The lowest BCUT2D eigenvalue weighted by atomic mass is 10.3. The average Bonchev–Trinajstić information content (AvgIpc) is 2.49. The largest absolute Gasteiger partial charge is 0.473 e. The highest BCUT2D eigenvalue weighted by Gasteiger charge is 2.17. The third-order valence-corrected chi connectivity index (χ3v) is 2.10. The summed E-state index contributed by atoms with van der Waals surface area (Å²) < 4.78 is 13.3. The molecule has 0 aromatic heterocycles. The molecule has 0 spiro atoms. The molecule has 0 radical (unpaired) electrons. The van der Waals surface area contributed by atoms with Gasteiger partial charge in [-0.25, -0.2) is 19.2 Å². The molecule has 1 amide bonds. The van der Waals surface area contributed by atoms with Crippen LogP contribution in [-0.2, 0) is 38.2 Å². The molecule has 0 fully saturated rings. The van der Waals surface area contributed by atoms with Gasteiger partial charge in [-0.05, 0) is 6.92 Å². The van der Waals surface area contributed by atoms with Gasteiger partial charge in [0.2, 0.25) is 5.91 Å². The second-order valence-electron chi connectivity index (χ2n) is 4.10. The van der Waals surface area contributed by atoms with Crippen LogP contribution >= 0.6 is 0 Å². The molecule has 0 aromatic carbocycles. The quantitative estimate of drug-likeness (QED) is 0.184. The van der Waals surface area contributed by atoms with Gasteiger partial charge in [0, 0.05) is 12.0 Å². The Labute approximate surface area is 131 Å². The maximum absolute atomic E-state index is 11.2. The molecule has 0 aliphatic rings. The fourth-order valence-corrected chi connectivity index (χ4v) is 1.03. The number of carboxylic acid groups (broad SMARTS) is 1. The van der Waals surface area contributed by atoms with Crippen molar-refractivity contribution in [2.45, 2.75) is 13.3 Å². The van der Waals surface area contributed by atoms with Gasteiger partial charge in [0.1, 0.15) is 6.61 Å². The first-order valence-corrected chi connectivity index (χ1v) is 6.43. The van der Waals surface area contributed by atoms with E-state index in [9.17, 15) is 24.0 Å². The number of amides is 1. The Morgan fingerprint density at radius 1 is 0.913 bits per heavy atom. The van der Waals surface area contributed by atoms with Crippen molar-refractivity contribution in [3.8, 4) is 0 Å². The lowest BCUT2D eigenvalue weighted by Crippen LogP contribution is -2.30. The maximum atomic E-state index is 11.2. The molecule has 0 atom stereocenters. The molecule has 10 heteroatoms. The Morgan fingerprint density at radius 2 is 1.39 bits per heavy atom. The van der Waals surface area contributed by atoms with Crippen LogP contribution in [-0.4, -0.2) is 61.3 Å². The van der Waals surface area contributed by atoms with E-state index in [0.717, 1.165) is 0 Å². The third-order valence-electron chi connectivity index (χ3n) is 2.10. The number of carbonyl (C=O) groups excluding carboxylic acids is 4. The summed E-state index contributed by atoms with van der Waals surface area (Å²) in [5.74, 6) is -6.05. The van der Waals surface area contributed by atoms with Gasteiger partial charge in [-0.3, -0.25) is 4.79 Å². The Bertz CT molecular complexity index is 498. The van der Waals surface area contributed by atoms with E-state index in [4.69, 9.17) is 5.11 Å². The highest BCUT2D eigenvalue weighted by Crippen LogP contribution is 1.91. The van der Waals surface area contributed by atoms with E-state index in [1.165, 1.54) is 6.92 Å². The second-order valence-corrected chi connectivity index (χ2v) is 4.10. The van der Waals surface area contributed by atoms with Crippen molar-refractivity contribution in [1.82, 2.24) is 5.32 Å². The standard InChI is InChI=1S/C13H17NO9/c1-8(2)9(15)14-4-7-23-13(20)12(19)22-6-3-5-21-11(18)10(16)17/h1,3-7H2,2H3,(H,14,15)(H,16,17). The molecule has 0 aromatic rings.